The molecule has 0 amide bonds. The molecule has 2 nitrogen and oxygen atoms in total. The molecule has 0 atom stereocenters. The third kappa shape index (κ3) is 1.40. The molecule has 0 saturated heterocycles. The van der Waals surface area contributed by atoms with Gasteiger partial charge in [-0.2, -0.15) is 0 Å². The molecule has 0 saturated carbocycles. The second-order valence-corrected chi connectivity index (χ2v) is 2.61. The van der Waals surface area contributed by atoms with Gasteiger partial charge < -0.3 is 10.2 Å². The van der Waals surface area contributed by atoms with Crippen LogP contribution in [0.4, 0.5) is 0 Å². The molecule has 0 radical (unpaired) electrons. The van der Waals surface area contributed by atoms with Crippen LogP contribution in [0.1, 0.15) is 0 Å². The molecule has 1 aliphatic rings. The Hall–Kier alpha value is -1.48. The maximum absolute atomic E-state index is 9.42. The molecule has 0 bridgehead atoms. The van der Waals surface area contributed by atoms with Gasteiger partial charge in [0.1, 0.15) is 0 Å². The van der Waals surface area contributed by atoms with Crippen LogP contribution in [0.2, 0.25) is 0 Å². The summed E-state index contributed by atoms with van der Waals surface area (Å²) in [5.41, 5.74) is -2.83. The molecule has 0 aromatic carbocycles. The summed E-state index contributed by atoms with van der Waals surface area (Å²) in [4.78, 5) is 0. The first kappa shape index (κ1) is 8.62. The Labute approximate surface area is 71.2 Å². The van der Waals surface area contributed by atoms with E-state index in [9.17, 15) is 10.2 Å². The Balaban J connectivity index is 2.98. The second kappa shape index (κ2) is 2.53. The van der Waals surface area contributed by atoms with Gasteiger partial charge >= 0.3 is 0 Å². The first-order valence-corrected chi connectivity index (χ1v) is 3.35. The van der Waals surface area contributed by atoms with Crippen molar-refractivity contribution in [3.8, 4) is 24.7 Å². The molecule has 0 unspecified atom stereocenters. The standard InChI is InChI=1S/C10H8O2/c1-3-9(11)5-7-10(12,4-2)8-6-9/h1-2,5-8,11-12H. The number of rotatable bonds is 0. The average Bonchev–Trinajstić information content (AvgIpc) is 2.11. The minimum Gasteiger partial charge on any atom is -0.370 e. The maximum Gasteiger partial charge on any atom is 0.162 e. The largest absolute Gasteiger partial charge is 0.370 e. The van der Waals surface area contributed by atoms with Crippen molar-refractivity contribution in [1.82, 2.24) is 0 Å². The van der Waals surface area contributed by atoms with Crippen molar-refractivity contribution in [2.24, 2.45) is 0 Å². The van der Waals surface area contributed by atoms with Gasteiger partial charge in [-0.1, -0.05) is 11.8 Å². The van der Waals surface area contributed by atoms with Crippen molar-refractivity contribution >= 4 is 0 Å². The zero-order valence-electron chi connectivity index (χ0n) is 6.36. The number of hydrogen-bond donors (Lipinski definition) is 2. The molecule has 0 aliphatic heterocycles. The van der Waals surface area contributed by atoms with Gasteiger partial charge in [-0.05, 0) is 24.3 Å². The highest BCUT2D eigenvalue weighted by atomic mass is 16.3. The van der Waals surface area contributed by atoms with Crippen molar-refractivity contribution in [3.05, 3.63) is 24.3 Å². The fourth-order valence-electron chi connectivity index (χ4n) is 0.812. The molecule has 1 aliphatic carbocycles. The van der Waals surface area contributed by atoms with E-state index in [0.29, 0.717) is 0 Å². The van der Waals surface area contributed by atoms with Crippen molar-refractivity contribution < 1.29 is 10.2 Å². The van der Waals surface area contributed by atoms with E-state index in [1.165, 1.54) is 24.3 Å². The van der Waals surface area contributed by atoms with Crippen molar-refractivity contribution in [2.45, 2.75) is 11.2 Å². The van der Waals surface area contributed by atoms with Crippen LogP contribution in [0, 0.1) is 24.7 Å². The molecular formula is C10H8O2. The maximum atomic E-state index is 9.42. The van der Waals surface area contributed by atoms with Crippen LogP contribution < -0.4 is 0 Å². The zero-order chi connectivity index (χ0) is 9.24. The Bertz CT molecular complexity index is 277. The summed E-state index contributed by atoms with van der Waals surface area (Å²) < 4.78 is 0. The highest BCUT2D eigenvalue weighted by Gasteiger charge is 2.27. The Kier molecular flexibility index (Phi) is 1.82. The monoisotopic (exact) mass is 160 g/mol. The molecule has 2 N–H and O–H groups in total. The topological polar surface area (TPSA) is 40.5 Å². The third-order valence-electron chi connectivity index (χ3n) is 1.65. The third-order valence-corrected chi connectivity index (χ3v) is 1.65. The summed E-state index contributed by atoms with van der Waals surface area (Å²) in [5.74, 6) is 4.29. The number of hydrogen-bond acceptors (Lipinski definition) is 2. The van der Waals surface area contributed by atoms with E-state index >= 15 is 0 Å². The predicted octanol–water partition coefficient (Wildman–Crippen LogP) is -0.159. The lowest BCUT2D eigenvalue weighted by molar-refractivity contribution is 0.170. The van der Waals surface area contributed by atoms with E-state index in [-0.39, 0.29) is 0 Å². The van der Waals surface area contributed by atoms with E-state index in [1.54, 1.807) is 0 Å². The molecule has 2 heteroatoms. The Morgan fingerprint density at radius 2 is 1.08 bits per heavy atom. The van der Waals surface area contributed by atoms with Gasteiger partial charge in [0.05, 0.1) is 0 Å². The molecule has 12 heavy (non-hydrogen) atoms. The summed E-state index contributed by atoms with van der Waals surface area (Å²) in [7, 11) is 0. The van der Waals surface area contributed by atoms with Crippen molar-refractivity contribution in [1.29, 1.82) is 0 Å². The van der Waals surface area contributed by atoms with Crippen LogP contribution in [-0.2, 0) is 0 Å². The zero-order valence-corrected chi connectivity index (χ0v) is 6.36. The van der Waals surface area contributed by atoms with Gasteiger partial charge in [0.25, 0.3) is 0 Å². The van der Waals surface area contributed by atoms with E-state index in [1.807, 2.05) is 0 Å². The molecule has 0 spiro atoms. The minimum absolute atomic E-state index is 1.28. The molecular weight excluding hydrogens is 152 g/mol. The molecule has 0 aromatic rings. The summed E-state index contributed by atoms with van der Waals surface area (Å²) in [6, 6.07) is 0. The second-order valence-electron chi connectivity index (χ2n) is 2.61. The summed E-state index contributed by atoms with van der Waals surface area (Å²) in [5, 5.41) is 18.8. The van der Waals surface area contributed by atoms with E-state index in [0.717, 1.165) is 0 Å². The van der Waals surface area contributed by atoms with E-state index in [4.69, 9.17) is 12.8 Å². The van der Waals surface area contributed by atoms with Gasteiger partial charge in [0, 0.05) is 0 Å². The smallest absolute Gasteiger partial charge is 0.162 e. The van der Waals surface area contributed by atoms with Crippen LogP contribution in [0.15, 0.2) is 24.3 Å². The Morgan fingerprint density at radius 1 is 0.833 bits per heavy atom. The lowest BCUT2D eigenvalue weighted by Gasteiger charge is -2.22. The fraction of sp³-hybridized carbons (Fsp3) is 0.200. The average molecular weight is 160 g/mol. The van der Waals surface area contributed by atoms with Crippen LogP contribution in [0.25, 0.3) is 0 Å². The van der Waals surface area contributed by atoms with Crippen LogP contribution >= 0.6 is 0 Å². The molecule has 0 heterocycles. The fourth-order valence-corrected chi connectivity index (χ4v) is 0.812. The molecule has 0 aromatic heterocycles. The van der Waals surface area contributed by atoms with Crippen molar-refractivity contribution in [2.75, 3.05) is 0 Å². The van der Waals surface area contributed by atoms with E-state index in [2.05, 4.69) is 11.8 Å². The highest BCUT2D eigenvalue weighted by Crippen LogP contribution is 2.20. The Morgan fingerprint density at radius 3 is 1.25 bits per heavy atom. The predicted molar refractivity (Wildman–Crippen MR) is 45.8 cm³/mol. The first-order chi connectivity index (χ1) is 5.54. The number of terminal acetylenes is 2. The molecule has 60 valence electrons. The van der Waals surface area contributed by atoms with E-state index < -0.39 is 11.2 Å². The van der Waals surface area contributed by atoms with Crippen LogP contribution in [-0.4, -0.2) is 21.4 Å². The summed E-state index contributed by atoms with van der Waals surface area (Å²) in [6.45, 7) is 0. The summed E-state index contributed by atoms with van der Waals surface area (Å²) in [6.07, 6.45) is 15.2. The highest BCUT2D eigenvalue weighted by molar-refractivity contribution is 5.41. The lowest BCUT2D eigenvalue weighted by Crippen LogP contribution is -2.30. The van der Waals surface area contributed by atoms with Gasteiger partial charge in [0.15, 0.2) is 11.2 Å². The van der Waals surface area contributed by atoms with Gasteiger partial charge in [-0.3, -0.25) is 0 Å². The normalized spacial score (nSPS) is 38.7. The minimum atomic E-state index is -1.41. The quantitative estimate of drug-likeness (QED) is 0.382. The summed E-state index contributed by atoms with van der Waals surface area (Å²) >= 11 is 0. The lowest BCUT2D eigenvalue weighted by atomic mass is 9.91. The molecule has 0 fully saturated rings. The van der Waals surface area contributed by atoms with Gasteiger partial charge in [-0.25, -0.2) is 0 Å². The van der Waals surface area contributed by atoms with Crippen molar-refractivity contribution in [3.63, 3.8) is 0 Å². The number of aliphatic hydroxyl groups is 2. The SMILES string of the molecule is C#CC1(O)C=CC(O)(C#C)C=C1. The van der Waals surface area contributed by atoms with Gasteiger partial charge in [-0.15, -0.1) is 12.8 Å². The first-order valence-electron chi connectivity index (χ1n) is 3.35. The van der Waals surface area contributed by atoms with Crippen LogP contribution in [0.5, 0.6) is 0 Å². The van der Waals surface area contributed by atoms with Gasteiger partial charge in [0.2, 0.25) is 0 Å². The molecule has 1 rings (SSSR count). The van der Waals surface area contributed by atoms with Crippen LogP contribution in [0.3, 0.4) is 0 Å².